The van der Waals surface area contributed by atoms with E-state index < -0.39 is 64.6 Å². The lowest BCUT2D eigenvalue weighted by molar-refractivity contribution is -0.454. The van der Waals surface area contributed by atoms with Crippen molar-refractivity contribution in [1.82, 2.24) is 5.32 Å². The Labute approximate surface area is 154 Å². The zero-order valence-corrected chi connectivity index (χ0v) is 15.3. The van der Waals surface area contributed by atoms with Crippen LogP contribution in [-0.4, -0.2) is 65.3 Å². The third kappa shape index (κ3) is 4.57. The summed E-state index contributed by atoms with van der Waals surface area (Å²) < 4.78 is 198. The maximum atomic E-state index is 13.3. The van der Waals surface area contributed by atoms with Crippen molar-refractivity contribution >= 4 is 9.76 Å². The van der Waals surface area contributed by atoms with E-state index in [2.05, 4.69) is 4.43 Å². The first kappa shape index (κ1) is 28.1. The molecule has 0 aromatic rings. The van der Waals surface area contributed by atoms with Crippen LogP contribution in [0.5, 0.6) is 0 Å². The minimum atomic E-state index is -8.25. The molecule has 2 nitrogen and oxygen atoms in total. The van der Waals surface area contributed by atoms with Gasteiger partial charge in [0.15, 0.2) is 9.76 Å². The van der Waals surface area contributed by atoms with Crippen molar-refractivity contribution in [2.75, 3.05) is 13.7 Å². The molecular formula is C11H12F15NOSi. The smallest absolute Gasteiger partial charge is 0.427 e. The Kier molecular flexibility index (Phi) is 8.05. The van der Waals surface area contributed by atoms with Gasteiger partial charge in [-0.05, 0) is 12.5 Å². The van der Waals surface area contributed by atoms with Gasteiger partial charge >= 0.3 is 41.8 Å². The van der Waals surface area contributed by atoms with Crippen molar-refractivity contribution in [3.8, 4) is 0 Å². The average Bonchev–Trinajstić information content (AvgIpc) is 2.52. The largest absolute Gasteiger partial charge is 0.460 e. The van der Waals surface area contributed by atoms with Gasteiger partial charge in [-0.1, -0.05) is 0 Å². The molecule has 0 aromatic carbocycles. The Hall–Kier alpha value is -0.913. The first-order valence-corrected chi connectivity index (χ1v) is 8.71. The van der Waals surface area contributed by atoms with E-state index in [4.69, 9.17) is 0 Å². The number of halogens is 15. The maximum Gasteiger partial charge on any atom is 0.460 e. The van der Waals surface area contributed by atoms with E-state index in [1.54, 1.807) is 0 Å². The minimum absolute atomic E-state index is 0.00637. The summed E-state index contributed by atoms with van der Waals surface area (Å²) in [6.45, 7) is -1.25. The third-order valence-corrected chi connectivity index (χ3v) is 4.65. The van der Waals surface area contributed by atoms with E-state index in [-0.39, 0.29) is 6.04 Å². The van der Waals surface area contributed by atoms with Gasteiger partial charge in [0.1, 0.15) is 0 Å². The first-order chi connectivity index (χ1) is 12.6. The Morgan fingerprint density at radius 3 is 1.38 bits per heavy atom. The lowest BCUT2D eigenvalue weighted by atomic mass is 9.93. The van der Waals surface area contributed by atoms with E-state index in [0.717, 1.165) is 0 Å². The zero-order chi connectivity index (χ0) is 23.7. The van der Waals surface area contributed by atoms with Gasteiger partial charge in [0.25, 0.3) is 0 Å². The second-order valence-corrected chi connectivity index (χ2v) is 7.26. The van der Waals surface area contributed by atoms with E-state index in [1.165, 1.54) is 7.11 Å². The van der Waals surface area contributed by atoms with Crippen LogP contribution < -0.4 is 5.32 Å². The summed E-state index contributed by atoms with van der Waals surface area (Å²) in [7, 11) is -0.121. The molecule has 0 heterocycles. The Morgan fingerprint density at radius 1 is 0.621 bits per heavy atom. The molecule has 0 aliphatic heterocycles. The van der Waals surface area contributed by atoms with E-state index in [9.17, 15) is 65.9 Å². The van der Waals surface area contributed by atoms with Crippen molar-refractivity contribution < 1.29 is 70.3 Å². The molecule has 0 aliphatic rings. The molecule has 0 bridgehead atoms. The van der Waals surface area contributed by atoms with Crippen molar-refractivity contribution in [1.29, 1.82) is 0 Å². The molecule has 0 spiro atoms. The third-order valence-electron chi connectivity index (χ3n) is 3.45. The van der Waals surface area contributed by atoms with Gasteiger partial charge < -0.3 is 4.43 Å². The van der Waals surface area contributed by atoms with E-state index in [0.29, 0.717) is 5.32 Å². The highest BCUT2D eigenvalue weighted by Crippen LogP contribution is 2.61. The summed E-state index contributed by atoms with van der Waals surface area (Å²) in [5, 5.41) is 0.372. The van der Waals surface area contributed by atoms with Crippen LogP contribution in [0.15, 0.2) is 0 Å². The van der Waals surface area contributed by atoms with Crippen LogP contribution in [0, 0.1) is 0 Å². The number of nitrogens with one attached hydrogen (secondary N) is 1. The van der Waals surface area contributed by atoms with Gasteiger partial charge in [0.2, 0.25) is 0 Å². The quantitative estimate of drug-likeness (QED) is 0.201. The molecular weight excluding hydrogens is 475 g/mol. The lowest BCUT2D eigenvalue weighted by Gasteiger charge is -2.41. The SMILES string of the molecule is CO[SiH2]CCCNC(F)(F)C(F)(F)C(F)(F)C(F)(F)C(F)(F)C(F)(F)C(F)(F)F. The number of rotatable bonds is 11. The van der Waals surface area contributed by atoms with Crippen LogP contribution in [0.1, 0.15) is 6.42 Å². The number of hydrogen-bond acceptors (Lipinski definition) is 2. The molecule has 0 unspecified atom stereocenters. The summed E-state index contributed by atoms with van der Waals surface area (Å²) in [6, 6.07) is -6.40. The fourth-order valence-electron chi connectivity index (χ4n) is 1.69. The van der Waals surface area contributed by atoms with Crippen LogP contribution in [0.2, 0.25) is 6.04 Å². The Morgan fingerprint density at radius 2 is 1.00 bits per heavy atom. The summed E-state index contributed by atoms with van der Waals surface area (Å²) in [5.41, 5.74) is 0. The van der Waals surface area contributed by atoms with Gasteiger partial charge in [-0.2, -0.15) is 65.9 Å². The Bertz CT molecular complexity index is 547. The highest BCUT2D eigenvalue weighted by atomic mass is 28.2. The van der Waals surface area contributed by atoms with E-state index in [1.807, 2.05) is 0 Å². The zero-order valence-electron chi connectivity index (χ0n) is 13.9. The Balaban J connectivity index is 5.97. The second kappa shape index (κ2) is 8.31. The number of alkyl halides is 15. The summed E-state index contributed by atoms with van der Waals surface area (Å²) in [6.07, 6.45) is -8.05. The van der Waals surface area contributed by atoms with Crippen molar-refractivity contribution in [3.05, 3.63) is 0 Å². The molecule has 0 radical (unpaired) electrons. The van der Waals surface area contributed by atoms with Crippen LogP contribution in [0.3, 0.4) is 0 Å². The minimum Gasteiger partial charge on any atom is -0.427 e. The van der Waals surface area contributed by atoms with Crippen molar-refractivity contribution in [2.24, 2.45) is 0 Å². The van der Waals surface area contributed by atoms with Crippen LogP contribution in [0.4, 0.5) is 65.9 Å². The van der Waals surface area contributed by atoms with Gasteiger partial charge in [-0.15, -0.1) is 0 Å². The van der Waals surface area contributed by atoms with Gasteiger partial charge in [0.05, 0.1) is 0 Å². The fourth-order valence-corrected chi connectivity index (χ4v) is 2.44. The lowest BCUT2D eigenvalue weighted by Crippen LogP contribution is -2.74. The number of hydrogen-bond donors (Lipinski definition) is 1. The topological polar surface area (TPSA) is 21.3 Å². The average molecular weight is 487 g/mol. The van der Waals surface area contributed by atoms with Gasteiger partial charge in [-0.3, -0.25) is 5.32 Å². The fraction of sp³-hybridized carbons (Fsp3) is 1.00. The van der Waals surface area contributed by atoms with Crippen LogP contribution in [0.25, 0.3) is 0 Å². The molecule has 0 rings (SSSR count). The van der Waals surface area contributed by atoms with Gasteiger partial charge in [0, 0.05) is 13.7 Å². The molecule has 0 aliphatic carbocycles. The highest BCUT2D eigenvalue weighted by Gasteiger charge is 2.93. The monoisotopic (exact) mass is 487 g/mol. The predicted octanol–water partition coefficient (Wildman–Crippen LogP) is 4.45. The predicted molar refractivity (Wildman–Crippen MR) is 68.7 cm³/mol. The normalized spacial score (nSPS) is 16.1. The molecule has 29 heavy (non-hydrogen) atoms. The first-order valence-electron chi connectivity index (χ1n) is 7.14. The second-order valence-electron chi connectivity index (χ2n) is 5.57. The highest BCUT2D eigenvalue weighted by molar-refractivity contribution is 6.26. The van der Waals surface area contributed by atoms with Crippen molar-refractivity contribution in [3.63, 3.8) is 0 Å². The standard InChI is InChI=1S/C11H12F15NOSi/c1-28-29-4-2-3-27-11(25,26)9(20,21)7(16,17)5(12,13)6(14,15)8(18,19)10(22,23)24/h27H,2-4,29H2,1H3. The molecule has 176 valence electrons. The van der Waals surface area contributed by atoms with Crippen molar-refractivity contribution in [2.45, 2.75) is 54.3 Å². The van der Waals surface area contributed by atoms with Crippen LogP contribution >= 0.6 is 0 Å². The molecule has 0 saturated heterocycles. The molecule has 0 atom stereocenters. The maximum absolute atomic E-state index is 13.3. The summed E-state index contributed by atoms with van der Waals surface area (Å²) in [5.74, 6) is -40.0. The van der Waals surface area contributed by atoms with E-state index >= 15 is 0 Å². The molecule has 0 aromatic heterocycles. The summed E-state index contributed by atoms with van der Waals surface area (Å²) in [4.78, 5) is 0. The molecule has 0 fully saturated rings. The van der Waals surface area contributed by atoms with Gasteiger partial charge in [-0.25, -0.2) is 0 Å². The summed E-state index contributed by atoms with van der Waals surface area (Å²) >= 11 is 0. The molecule has 1 N–H and O–H groups in total. The molecule has 0 amide bonds. The van der Waals surface area contributed by atoms with Crippen LogP contribution in [-0.2, 0) is 4.43 Å². The molecule has 0 saturated carbocycles. The molecule has 18 heteroatoms.